The van der Waals surface area contributed by atoms with Crippen molar-refractivity contribution in [3.63, 3.8) is 0 Å². The summed E-state index contributed by atoms with van der Waals surface area (Å²) in [4.78, 5) is 1.85. The first-order chi connectivity index (χ1) is 4.81. The Hall–Kier alpha value is -0.960. The Balaban J connectivity index is 3.26. The third kappa shape index (κ3) is 5.18. The van der Waals surface area contributed by atoms with E-state index in [1.54, 1.807) is 6.20 Å². The second-order valence-corrected chi connectivity index (χ2v) is 1.91. The predicted octanol–water partition coefficient (Wildman–Crippen LogP) is 0.0812. The molecule has 0 atom stereocenters. The number of hydrogen-bond acceptors (Lipinski definition) is 3. The number of rotatable bonds is 5. The van der Waals surface area contributed by atoms with Gasteiger partial charge in [-0.1, -0.05) is 6.58 Å². The summed E-state index contributed by atoms with van der Waals surface area (Å²) in [5, 5.41) is 3.01. The normalized spacial score (nSPS) is 9.80. The molecule has 0 bridgehead atoms. The number of nitrogens with two attached hydrogens (primary N) is 1. The maximum absolute atomic E-state index is 5.25. The van der Waals surface area contributed by atoms with Crippen LogP contribution in [0.4, 0.5) is 0 Å². The van der Waals surface area contributed by atoms with E-state index in [9.17, 15) is 0 Å². The zero-order valence-corrected chi connectivity index (χ0v) is 6.38. The van der Waals surface area contributed by atoms with Gasteiger partial charge >= 0.3 is 0 Å². The molecule has 0 aromatic rings. The summed E-state index contributed by atoms with van der Waals surface area (Å²) in [6.45, 7) is 5.04. The molecule has 0 spiro atoms. The summed E-state index contributed by atoms with van der Waals surface area (Å²) in [5.74, 6) is 0. The lowest BCUT2D eigenvalue weighted by atomic mass is 10.6. The van der Waals surface area contributed by atoms with E-state index in [0.29, 0.717) is 6.54 Å². The molecular formula is C7H15N3. The van der Waals surface area contributed by atoms with E-state index in [2.05, 4.69) is 11.9 Å². The van der Waals surface area contributed by atoms with Crippen LogP contribution in [0.2, 0.25) is 0 Å². The van der Waals surface area contributed by atoms with Gasteiger partial charge in [0, 0.05) is 32.5 Å². The third-order valence-corrected chi connectivity index (χ3v) is 1.00. The molecule has 0 saturated carbocycles. The quantitative estimate of drug-likeness (QED) is 0.533. The van der Waals surface area contributed by atoms with Crippen molar-refractivity contribution < 1.29 is 0 Å². The SMILES string of the molecule is C=CN(C)C=CNCCN. The Morgan fingerprint density at radius 3 is 2.90 bits per heavy atom. The second-order valence-electron chi connectivity index (χ2n) is 1.91. The molecule has 3 N–H and O–H groups in total. The van der Waals surface area contributed by atoms with Crippen molar-refractivity contribution in [3.8, 4) is 0 Å². The molecule has 0 heterocycles. The third-order valence-electron chi connectivity index (χ3n) is 1.00. The number of hydrogen-bond donors (Lipinski definition) is 2. The van der Waals surface area contributed by atoms with E-state index < -0.39 is 0 Å². The van der Waals surface area contributed by atoms with Crippen molar-refractivity contribution in [2.75, 3.05) is 20.1 Å². The molecule has 0 saturated heterocycles. The Bertz CT molecular complexity index is 109. The first kappa shape index (κ1) is 9.04. The highest BCUT2D eigenvalue weighted by molar-refractivity contribution is 4.83. The number of nitrogens with one attached hydrogen (secondary N) is 1. The average Bonchev–Trinajstić information content (AvgIpc) is 1.98. The first-order valence-corrected chi connectivity index (χ1v) is 3.26. The Morgan fingerprint density at radius 1 is 1.70 bits per heavy atom. The molecule has 0 aromatic heterocycles. The maximum atomic E-state index is 5.25. The van der Waals surface area contributed by atoms with Gasteiger partial charge in [-0.05, 0) is 6.20 Å². The zero-order valence-electron chi connectivity index (χ0n) is 6.38. The smallest absolute Gasteiger partial charge is 0.0265 e. The van der Waals surface area contributed by atoms with Crippen molar-refractivity contribution in [1.29, 1.82) is 0 Å². The van der Waals surface area contributed by atoms with Crippen molar-refractivity contribution in [2.24, 2.45) is 5.73 Å². The maximum Gasteiger partial charge on any atom is 0.0265 e. The van der Waals surface area contributed by atoms with Crippen LogP contribution in [-0.2, 0) is 0 Å². The van der Waals surface area contributed by atoms with E-state index in [1.807, 2.05) is 24.3 Å². The van der Waals surface area contributed by atoms with Crippen molar-refractivity contribution >= 4 is 0 Å². The van der Waals surface area contributed by atoms with Gasteiger partial charge in [0.2, 0.25) is 0 Å². The lowest BCUT2D eigenvalue weighted by molar-refractivity contribution is 0.620. The van der Waals surface area contributed by atoms with Crippen LogP contribution in [0.5, 0.6) is 0 Å². The van der Waals surface area contributed by atoms with E-state index in [-0.39, 0.29) is 0 Å². The van der Waals surface area contributed by atoms with E-state index in [1.165, 1.54) is 0 Å². The molecule has 0 rings (SSSR count). The minimum atomic E-state index is 0.655. The van der Waals surface area contributed by atoms with Crippen LogP contribution in [0.15, 0.2) is 25.2 Å². The Morgan fingerprint density at radius 2 is 2.40 bits per heavy atom. The van der Waals surface area contributed by atoms with Crippen molar-refractivity contribution in [3.05, 3.63) is 25.2 Å². The van der Waals surface area contributed by atoms with Gasteiger partial charge in [-0.15, -0.1) is 0 Å². The fourth-order valence-electron chi connectivity index (χ4n) is 0.398. The van der Waals surface area contributed by atoms with Crippen molar-refractivity contribution in [1.82, 2.24) is 10.2 Å². The average molecular weight is 141 g/mol. The number of nitrogens with zero attached hydrogens (tertiary/aromatic N) is 1. The summed E-state index contributed by atoms with van der Waals surface area (Å²) in [6, 6.07) is 0. The molecule has 0 aliphatic carbocycles. The van der Waals surface area contributed by atoms with Gasteiger partial charge in [0.15, 0.2) is 0 Å². The van der Waals surface area contributed by atoms with E-state index in [0.717, 1.165) is 6.54 Å². The fourth-order valence-corrected chi connectivity index (χ4v) is 0.398. The molecule has 3 nitrogen and oxygen atoms in total. The van der Waals surface area contributed by atoms with Crippen LogP contribution < -0.4 is 11.1 Å². The monoisotopic (exact) mass is 141 g/mol. The topological polar surface area (TPSA) is 41.3 Å². The summed E-state index contributed by atoms with van der Waals surface area (Å²) in [7, 11) is 1.91. The molecule has 0 aliphatic rings. The summed E-state index contributed by atoms with van der Waals surface area (Å²) >= 11 is 0. The summed E-state index contributed by atoms with van der Waals surface area (Å²) < 4.78 is 0. The molecule has 0 amide bonds. The van der Waals surface area contributed by atoms with Gasteiger partial charge in [0.1, 0.15) is 0 Å². The van der Waals surface area contributed by atoms with Gasteiger partial charge in [0.25, 0.3) is 0 Å². The molecule has 0 radical (unpaired) electrons. The Labute approximate surface area is 62.2 Å². The fraction of sp³-hybridized carbons (Fsp3) is 0.429. The molecule has 0 aliphatic heterocycles. The highest BCUT2D eigenvalue weighted by Gasteiger charge is 1.77. The van der Waals surface area contributed by atoms with Crippen molar-refractivity contribution in [2.45, 2.75) is 0 Å². The van der Waals surface area contributed by atoms with Crippen LogP contribution in [0.25, 0.3) is 0 Å². The van der Waals surface area contributed by atoms with Gasteiger partial charge < -0.3 is 16.0 Å². The highest BCUT2D eigenvalue weighted by Crippen LogP contribution is 1.79. The van der Waals surface area contributed by atoms with Crippen LogP contribution in [0, 0.1) is 0 Å². The summed E-state index contributed by atoms with van der Waals surface area (Å²) in [5.41, 5.74) is 5.25. The standard InChI is InChI=1S/C7H15N3/c1-3-10(2)7-6-9-5-4-8/h3,6-7,9H,1,4-5,8H2,2H3. The molecule has 0 aromatic carbocycles. The molecule has 10 heavy (non-hydrogen) atoms. The van der Waals surface area contributed by atoms with Gasteiger partial charge in [-0.3, -0.25) is 0 Å². The zero-order chi connectivity index (χ0) is 7.82. The lowest BCUT2D eigenvalue weighted by Gasteiger charge is -2.04. The van der Waals surface area contributed by atoms with Gasteiger partial charge in [-0.2, -0.15) is 0 Å². The van der Waals surface area contributed by atoms with Crippen LogP contribution in [0.1, 0.15) is 0 Å². The van der Waals surface area contributed by atoms with Gasteiger partial charge in [-0.25, -0.2) is 0 Å². The van der Waals surface area contributed by atoms with Gasteiger partial charge in [0.05, 0.1) is 0 Å². The second kappa shape index (κ2) is 6.16. The first-order valence-electron chi connectivity index (χ1n) is 3.26. The summed E-state index contributed by atoms with van der Waals surface area (Å²) in [6.07, 6.45) is 5.44. The minimum Gasteiger partial charge on any atom is -0.388 e. The molecule has 58 valence electrons. The minimum absolute atomic E-state index is 0.655. The highest BCUT2D eigenvalue weighted by atomic mass is 15.1. The van der Waals surface area contributed by atoms with Crippen LogP contribution in [-0.4, -0.2) is 25.0 Å². The van der Waals surface area contributed by atoms with E-state index >= 15 is 0 Å². The molecular weight excluding hydrogens is 126 g/mol. The molecule has 3 heteroatoms. The predicted molar refractivity (Wildman–Crippen MR) is 44.2 cm³/mol. The Kier molecular flexibility index (Phi) is 5.57. The largest absolute Gasteiger partial charge is 0.388 e. The van der Waals surface area contributed by atoms with E-state index in [4.69, 9.17) is 5.73 Å². The lowest BCUT2D eigenvalue weighted by Crippen LogP contribution is -2.17. The van der Waals surface area contributed by atoms with Crippen LogP contribution >= 0.6 is 0 Å². The van der Waals surface area contributed by atoms with Crippen LogP contribution in [0.3, 0.4) is 0 Å². The molecule has 0 fully saturated rings. The molecule has 0 unspecified atom stereocenters.